The van der Waals surface area contributed by atoms with Gasteiger partial charge in [0.05, 0.1) is 30.2 Å². The molecule has 34 heavy (non-hydrogen) atoms. The second-order valence-electron chi connectivity index (χ2n) is 9.12. The Morgan fingerprint density at radius 3 is 2.56 bits per heavy atom. The topological polar surface area (TPSA) is 59.8 Å². The number of hydrogen-bond acceptors (Lipinski definition) is 5. The number of ether oxygens (including phenoxy) is 2. The number of nitrogens with zero attached hydrogens (tertiary/aromatic N) is 3. The van der Waals surface area contributed by atoms with Gasteiger partial charge in [-0.1, -0.05) is 31.0 Å². The molecule has 7 heteroatoms. The molecule has 1 aliphatic carbocycles. The summed E-state index contributed by atoms with van der Waals surface area (Å²) in [4.78, 5) is 2.35. The van der Waals surface area contributed by atoms with Gasteiger partial charge < -0.3 is 14.6 Å². The highest BCUT2D eigenvalue weighted by molar-refractivity contribution is 6.30. The number of halogens is 1. The smallest absolute Gasteiger partial charge is 0.227 e. The van der Waals surface area contributed by atoms with Crippen molar-refractivity contribution >= 4 is 11.6 Å². The zero-order chi connectivity index (χ0) is 24.1. The highest BCUT2D eigenvalue weighted by atomic mass is 35.5. The summed E-state index contributed by atoms with van der Waals surface area (Å²) in [6.45, 7) is 6.40. The van der Waals surface area contributed by atoms with Crippen LogP contribution in [0, 0.1) is 12.8 Å². The van der Waals surface area contributed by atoms with E-state index < -0.39 is 0 Å². The molecule has 1 fully saturated rings. The van der Waals surface area contributed by atoms with E-state index >= 15 is 0 Å². The highest BCUT2D eigenvalue weighted by Crippen LogP contribution is 2.35. The van der Waals surface area contributed by atoms with E-state index in [1.807, 2.05) is 60.1 Å². The van der Waals surface area contributed by atoms with E-state index in [0.29, 0.717) is 35.7 Å². The molecule has 0 unspecified atom stereocenters. The lowest BCUT2D eigenvalue weighted by atomic mass is 10.1. The van der Waals surface area contributed by atoms with Gasteiger partial charge in [-0.3, -0.25) is 4.90 Å². The fraction of sp³-hybridized carbons (Fsp3) is 0.444. The van der Waals surface area contributed by atoms with Crippen molar-refractivity contribution in [1.82, 2.24) is 14.7 Å². The number of methoxy groups -OCH3 is 1. The maximum atomic E-state index is 10.5. The third kappa shape index (κ3) is 6.32. The van der Waals surface area contributed by atoms with Gasteiger partial charge >= 0.3 is 0 Å². The van der Waals surface area contributed by atoms with Crippen molar-refractivity contribution in [3.63, 3.8) is 0 Å². The van der Waals surface area contributed by atoms with E-state index in [1.165, 1.54) is 12.8 Å². The van der Waals surface area contributed by atoms with Crippen LogP contribution in [0.1, 0.15) is 43.9 Å². The molecule has 0 saturated heterocycles. The molecule has 1 atom stereocenters. The van der Waals surface area contributed by atoms with Crippen molar-refractivity contribution in [1.29, 1.82) is 0 Å². The molecule has 0 radical (unpaired) electrons. The summed E-state index contributed by atoms with van der Waals surface area (Å²) < 4.78 is 13.5. The van der Waals surface area contributed by atoms with Crippen molar-refractivity contribution in [3.8, 4) is 23.1 Å². The molecule has 182 valence electrons. The minimum atomic E-state index is -0.335. The Balaban J connectivity index is 1.69. The number of aryl methyl sites for hydroxylation is 1. The van der Waals surface area contributed by atoms with Crippen LogP contribution in [-0.4, -0.2) is 46.1 Å². The van der Waals surface area contributed by atoms with Gasteiger partial charge in [0, 0.05) is 24.7 Å². The molecule has 0 spiro atoms. The van der Waals surface area contributed by atoms with Gasteiger partial charge in [-0.05, 0) is 74.6 Å². The molecule has 1 heterocycles. The van der Waals surface area contributed by atoms with Crippen LogP contribution >= 0.6 is 11.6 Å². The van der Waals surface area contributed by atoms with Gasteiger partial charge in [0.1, 0.15) is 11.5 Å². The van der Waals surface area contributed by atoms with Crippen molar-refractivity contribution in [2.45, 2.75) is 52.2 Å². The van der Waals surface area contributed by atoms with Crippen molar-refractivity contribution in [2.24, 2.45) is 5.92 Å². The Hall–Kier alpha value is -2.54. The summed E-state index contributed by atoms with van der Waals surface area (Å²) in [5.41, 5.74) is 2.75. The van der Waals surface area contributed by atoms with E-state index in [-0.39, 0.29) is 6.10 Å². The predicted molar refractivity (Wildman–Crippen MR) is 135 cm³/mol. The summed E-state index contributed by atoms with van der Waals surface area (Å²) in [7, 11) is 1.65. The van der Waals surface area contributed by atoms with Gasteiger partial charge in [0.15, 0.2) is 0 Å². The lowest BCUT2D eigenvalue weighted by Crippen LogP contribution is -2.33. The lowest BCUT2D eigenvalue weighted by Gasteiger charge is -2.25. The summed E-state index contributed by atoms with van der Waals surface area (Å²) in [5, 5.41) is 16.0. The first-order valence-corrected chi connectivity index (χ1v) is 12.4. The molecule has 0 bridgehead atoms. The second-order valence-corrected chi connectivity index (χ2v) is 9.55. The zero-order valence-electron chi connectivity index (χ0n) is 20.2. The van der Waals surface area contributed by atoms with Crippen LogP contribution in [0.5, 0.6) is 17.4 Å². The Morgan fingerprint density at radius 1 is 1.18 bits per heavy atom. The number of aliphatic hydroxyl groups excluding tert-OH is 1. The highest BCUT2D eigenvalue weighted by Gasteiger charge is 2.28. The second kappa shape index (κ2) is 11.3. The van der Waals surface area contributed by atoms with E-state index in [4.69, 9.17) is 26.2 Å². The van der Waals surface area contributed by atoms with Gasteiger partial charge in [0.2, 0.25) is 5.88 Å². The molecule has 1 saturated carbocycles. The molecule has 4 rings (SSSR count). The third-order valence-corrected chi connectivity index (χ3v) is 6.38. The Kier molecular flexibility index (Phi) is 8.14. The largest absolute Gasteiger partial charge is 0.497 e. The molecule has 0 aliphatic heterocycles. The van der Waals surface area contributed by atoms with Crippen LogP contribution in [-0.2, 0) is 6.54 Å². The van der Waals surface area contributed by atoms with Crippen LogP contribution in [0.25, 0.3) is 5.69 Å². The van der Waals surface area contributed by atoms with Crippen LogP contribution < -0.4 is 9.47 Å². The summed E-state index contributed by atoms with van der Waals surface area (Å²) in [5.74, 6) is 2.84. The van der Waals surface area contributed by atoms with Crippen molar-refractivity contribution in [2.75, 3.05) is 20.2 Å². The first-order valence-electron chi connectivity index (χ1n) is 12.0. The minimum absolute atomic E-state index is 0.335. The van der Waals surface area contributed by atoms with Gasteiger partial charge in [-0.25, -0.2) is 4.68 Å². The first-order chi connectivity index (χ1) is 16.5. The standard InChI is InChI=1S/C27H34ClN3O3/c1-4-6-23(32)17-30(16-20-9-10-20)18-26-19(2)29-31(22-8-5-7-21(28)15-22)27(26)34-25-13-11-24(33-3)12-14-25/h5,7-8,11-15,20,23,32H,4,6,9-10,16-18H2,1-3H3/t23-/m0/s1. The van der Waals surface area contributed by atoms with Crippen LogP contribution in [0.4, 0.5) is 0 Å². The van der Waals surface area contributed by atoms with Gasteiger partial charge in [-0.15, -0.1) is 0 Å². The van der Waals surface area contributed by atoms with Crippen LogP contribution in [0.15, 0.2) is 48.5 Å². The SMILES string of the molecule is CCC[C@H](O)CN(Cc1c(C)nn(-c2cccc(Cl)c2)c1Oc1ccc(OC)cc1)CC1CC1. The maximum absolute atomic E-state index is 10.5. The van der Waals surface area contributed by atoms with Crippen molar-refractivity contribution < 1.29 is 14.6 Å². The van der Waals surface area contributed by atoms with E-state index in [2.05, 4.69) is 11.8 Å². The van der Waals surface area contributed by atoms with Crippen molar-refractivity contribution in [3.05, 3.63) is 64.8 Å². The summed E-state index contributed by atoms with van der Waals surface area (Å²) in [6, 6.07) is 15.1. The summed E-state index contributed by atoms with van der Waals surface area (Å²) in [6.07, 6.45) is 3.96. The van der Waals surface area contributed by atoms with E-state index in [9.17, 15) is 5.11 Å². The zero-order valence-corrected chi connectivity index (χ0v) is 21.0. The quantitative estimate of drug-likeness (QED) is 0.342. The van der Waals surface area contributed by atoms with Gasteiger partial charge in [-0.2, -0.15) is 5.10 Å². The Bertz CT molecular complexity index is 1080. The molecule has 6 nitrogen and oxygen atoms in total. The summed E-state index contributed by atoms with van der Waals surface area (Å²) >= 11 is 6.29. The molecule has 2 aromatic carbocycles. The molecular formula is C27H34ClN3O3. The van der Waals surface area contributed by atoms with Crippen LogP contribution in [0.2, 0.25) is 5.02 Å². The Labute approximate surface area is 207 Å². The lowest BCUT2D eigenvalue weighted by molar-refractivity contribution is 0.0977. The normalized spacial score (nSPS) is 14.4. The van der Waals surface area contributed by atoms with E-state index in [0.717, 1.165) is 42.1 Å². The Morgan fingerprint density at radius 2 is 1.91 bits per heavy atom. The number of rotatable bonds is 12. The first kappa shape index (κ1) is 24.6. The molecule has 3 aromatic rings. The predicted octanol–water partition coefficient (Wildman–Crippen LogP) is 6.01. The third-order valence-electron chi connectivity index (χ3n) is 6.15. The average Bonchev–Trinajstić information content (AvgIpc) is 3.59. The molecule has 1 aromatic heterocycles. The minimum Gasteiger partial charge on any atom is -0.497 e. The fourth-order valence-electron chi connectivity index (χ4n) is 4.18. The monoisotopic (exact) mass is 483 g/mol. The number of aromatic nitrogens is 2. The number of benzene rings is 2. The molecule has 1 N–H and O–H groups in total. The fourth-order valence-corrected chi connectivity index (χ4v) is 4.36. The van der Waals surface area contributed by atoms with Crippen LogP contribution in [0.3, 0.4) is 0 Å². The van der Waals surface area contributed by atoms with Gasteiger partial charge in [0.25, 0.3) is 0 Å². The average molecular weight is 484 g/mol. The van der Waals surface area contributed by atoms with E-state index in [1.54, 1.807) is 7.11 Å². The molecule has 1 aliphatic rings. The number of hydrogen-bond donors (Lipinski definition) is 1. The maximum Gasteiger partial charge on any atom is 0.227 e. The molecule has 0 amide bonds. The molecular weight excluding hydrogens is 450 g/mol. The number of aliphatic hydroxyl groups is 1.